The van der Waals surface area contributed by atoms with Gasteiger partial charge in [-0.3, -0.25) is 4.79 Å². The lowest BCUT2D eigenvalue weighted by molar-refractivity contribution is -0.171. The van der Waals surface area contributed by atoms with Crippen molar-refractivity contribution in [3.63, 3.8) is 0 Å². The number of ether oxygens (including phenoxy) is 3. The van der Waals surface area contributed by atoms with E-state index in [2.05, 4.69) is 0 Å². The van der Waals surface area contributed by atoms with Gasteiger partial charge in [0.15, 0.2) is 5.57 Å². The van der Waals surface area contributed by atoms with Crippen LogP contribution in [0.2, 0.25) is 0 Å². The first-order chi connectivity index (χ1) is 9.48. The van der Waals surface area contributed by atoms with Gasteiger partial charge in [0.2, 0.25) is 0 Å². The standard InChI is InChI=1S/C14H20O6/c1-5-14(6-2)10(20-13(14)17)9(11(15)18-7-3)12(16)19-8-4/h5-8H2,1-4H3. The summed E-state index contributed by atoms with van der Waals surface area (Å²) >= 11 is 0. The highest BCUT2D eigenvalue weighted by Gasteiger charge is 2.55. The Hall–Kier alpha value is -1.85. The molecule has 1 heterocycles. The van der Waals surface area contributed by atoms with Crippen LogP contribution in [-0.4, -0.2) is 31.1 Å². The summed E-state index contributed by atoms with van der Waals surface area (Å²) < 4.78 is 14.7. The fourth-order valence-corrected chi connectivity index (χ4v) is 2.16. The highest BCUT2D eigenvalue weighted by atomic mass is 16.6. The second-order valence-corrected chi connectivity index (χ2v) is 4.32. The van der Waals surface area contributed by atoms with Gasteiger partial charge in [-0.25, -0.2) is 9.59 Å². The lowest BCUT2D eigenvalue weighted by Gasteiger charge is -2.40. The maximum Gasteiger partial charge on any atom is 0.349 e. The van der Waals surface area contributed by atoms with E-state index in [1.807, 2.05) is 0 Å². The smallest absolute Gasteiger partial charge is 0.349 e. The molecule has 0 bridgehead atoms. The summed E-state index contributed by atoms with van der Waals surface area (Å²) in [6.07, 6.45) is 0.889. The molecule has 0 amide bonds. The summed E-state index contributed by atoms with van der Waals surface area (Å²) in [4.78, 5) is 35.6. The molecule has 1 aliphatic rings. The van der Waals surface area contributed by atoms with Crippen molar-refractivity contribution in [1.82, 2.24) is 0 Å². The van der Waals surface area contributed by atoms with Crippen LogP contribution >= 0.6 is 0 Å². The average molecular weight is 284 g/mol. The van der Waals surface area contributed by atoms with E-state index in [0.717, 1.165) is 0 Å². The molecule has 20 heavy (non-hydrogen) atoms. The van der Waals surface area contributed by atoms with Gasteiger partial charge in [-0.05, 0) is 26.7 Å². The highest BCUT2D eigenvalue weighted by Crippen LogP contribution is 2.47. The van der Waals surface area contributed by atoms with E-state index in [-0.39, 0.29) is 24.5 Å². The summed E-state index contributed by atoms with van der Waals surface area (Å²) in [6.45, 7) is 7.11. The molecule has 0 aromatic carbocycles. The zero-order chi connectivity index (χ0) is 15.3. The summed E-state index contributed by atoms with van der Waals surface area (Å²) in [6, 6.07) is 0. The van der Waals surface area contributed by atoms with Gasteiger partial charge < -0.3 is 14.2 Å². The molecule has 1 saturated heterocycles. The molecule has 0 unspecified atom stereocenters. The molecule has 6 nitrogen and oxygen atoms in total. The molecular weight excluding hydrogens is 264 g/mol. The van der Waals surface area contributed by atoms with Crippen molar-refractivity contribution in [2.24, 2.45) is 5.41 Å². The van der Waals surface area contributed by atoms with Crippen LogP contribution in [0.3, 0.4) is 0 Å². The van der Waals surface area contributed by atoms with Crippen LogP contribution < -0.4 is 0 Å². The fourth-order valence-electron chi connectivity index (χ4n) is 2.16. The Morgan fingerprint density at radius 2 is 1.45 bits per heavy atom. The van der Waals surface area contributed by atoms with Crippen molar-refractivity contribution >= 4 is 17.9 Å². The maximum atomic E-state index is 11.9. The highest BCUT2D eigenvalue weighted by molar-refractivity contribution is 6.16. The van der Waals surface area contributed by atoms with E-state index in [4.69, 9.17) is 14.2 Å². The molecule has 0 aromatic heterocycles. The van der Waals surface area contributed by atoms with Gasteiger partial charge in [-0.1, -0.05) is 13.8 Å². The van der Waals surface area contributed by atoms with Gasteiger partial charge in [0.25, 0.3) is 0 Å². The van der Waals surface area contributed by atoms with Gasteiger partial charge in [-0.15, -0.1) is 0 Å². The Morgan fingerprint density at radius 3 is 1.75 bits per heavy atom. The minimum Gasteiger partial charge on any atom is -0.462 e. The normalized spacial score (nSPS) is 16.0. The van der Waals surface area contributed by atoms with Crippen LogP contribution in [0.15, 0.2) is 11.3 Å². The number of hydrogen-bond donors (Lipinski definition) is 0. The van der Waals surface area contributed by atoms with Gasteiger partial charge >= 0.3 is 17.9 Å². The van der Waals surface area contributed by atoms with E-state index in [0.29, 0.717) is 12.8 Å². The zero-order valence-electron chi connectivity index (χ0n) is 12.3. The van der Waals surface area contributed by atoms with E-state index >= 15 is 0 Å². The molecule has 0 saturated carbocycles. The number of hydrogen-bond acceptors (Lipinski definition) is 6. The van der Waals surface area contributed by atoms with Crippen LogP contribution in [0.25, 0.3) is 0 Å². The van der Waals surface area contributed by atoms with Crippen LogP contribution in [0.1, 0.15) is 40.5 Å². The molecule has 0 spiro atoms. The van der Waals surface area contributed by atoms with Crippen molar-refractivity contribution < 1.29 is 28.6 Å². The molecular formula is C14H20O6. The Bertz CT molecular complexity index is 425. The van der Waals surface area contributed by atoms with Crippen molar-refractivity contribution in [3.8, 4) is 0 Å². The second kappa shape index (κ2) is 6.54. The molecule has 0 N–H and O–H groups in total. The zero-order valence-corrected chi connectivity index (χ0v) is 12.3. The molecule has 0 atom stereocenters. The first kappa shape index (κ1) is 16.2. The Labute approximate surface area is 118 Å². The molecule has 6 heteroatoms. The quantitative estimate of drug-likeness (QED) is 0.243. The van der Waals surface area contributed by atoms with Crippen molar-refractivity contribution in [2.45, 2.75) is 40.5 Å². The largest absolute Gasteiger partial charge is 0.462 e. The number of carbonyl (C=O) groups excluding carboxylic acids is 3. The summed E-state index contributed by atoms with van der Waals surface area (Å²) in [7, 11) is 0. The third-order valence-corrected chi connectivity index (χ3v) is 3.41. The molecule has 1 rings (SSSR count). The maximum absolute atomic E-state index is 11.9. The van der Waals surface area contributed by atoms with Crippen LogP contribution in [0.4, 0.5) is 0 Å². The minimum absolute atomic E-state index is 0.0735. The molecule has 1 aliphatic heterocycles. The third kappa shape index (κ3) is 2.55. The minimum atomic E-state index is -0.922. The number of cyclic esters (lactones) is 1. The molecule has 112 valence electrons. The SMILES string of the molecule is CCOC(=O)C(C(=O)OCC)=C1OC(=O)C1(CC)CC. The van der Waals surface area contributed by atoms with Crippen molar-refractivity contribution in [1.29, 1.82) is 0 Å². The number of carbonyl (C=O) groups is 3. The number of esters is 3. The van der Waals surface area contributed by atoms with Crippen LogP contribution in [0, 0.1) is 5.41 Å². The predicted molar refractivity (Wildman–Crippen MR) is 69.4 cm³/mol. The van der Waals surface area contributed by atoms with E-state index in [9.17, 15) is 14.4 Å². The predicted octanol–water partition coefficient (Wildman–Crippen LogP) is 1.73. The Balaban J connectivity index is 3.28. The van der Waals surface area contributed by atoms with Gasteiger partial charge in [0.1, 0.15) is 11.2 Å². The summed E-state index contributed by atoms with van der Waals surface area (Å²) in [5.74, 6) is -1.99. The topological polar surface area (TPSA) is 78.9 Å². The lowest BCUT2D eigenvalue weighted by atomic mass is 9.74. The third-order valence-electron chi connectivity index (χ3n) is 3.41. The van der Waals surface area contributed by atoms with Crippen molar-refractivity contribution in [2.75, 3.05) is 13.2 Å². The lowest BCUT2D eigenvalue weighted by Crippen LogP contribution is -2.47. The van der Waals surface area contributed by atoms with Crippen molar-refractivity contribution in [3.05, 3.63) is 11.3 Å². The van der Waals surface area contributed by atoms with E-state index in [1.165, 1.54) is 0 Å². The first-order valence-electron chi connectivity index (χ1n) is 6.79. The van der Waals surface area contributed by atoms with Gasteiger partial charge in [0, 0.05) is 0 Å². The van der Waals surface area contributed by atoms with E-state index < -0.39 is 23.3 Å². The first-order valence-corrected chi connectivity index (χ1v) is 6.79. The van der Waals surface area contributed by atoms with E-state index in [1.54, 1.807) is 27.7 Å². The average Bonchev–Trinajstić information content (AvgIpc) is 2.40. The summed E-state index contributed by atoms with van der Waals surface area (Å²) in [5.41, 5.74) is -1.23. The van der Waals surface area contributed by atoms with Crippen LogP contribution in [0.5, 0.6) is 0 Å². The molecule has 0 aliphatic carbocycles. The number of rotatable bonds is 6. The Morgan fingerprint density at radius 1 is 1.00 bits per heavy atom. The Kier molecular flexibility index (Phi) is 5.30. The summed E-state index contributed by atoms with van der Waals surface area (Å²) in [5, 5.41) is 0. The molecule has 0 aromatic rings. The fraction of sp³-hybridized carbons (Fsp3) is 0.643. The van der Waals surface area contributed by atoms with Crippen LogP contribution in [-0.2, 0) is 28.6 Å². The molecule has 0 radical (unpaired) electrons. The van der Waals surface area contributed by atoms with Gasteiger partial charge in [0.05, 0.1) is 13.2 Å². The van der Waals surface area contributed by atoms with Gasteiger partial charge in [-0.2, -0.15) is 0 Å². The monoisotopic (exact) mass is 284 g/mol. The molecule has 1 fully saturated rings. The second-order valence-electron chi connectivity index (χ2n) is 4.32.